The fourth-order valence-corrected chi connectivity index (χ4v) is 2.96. The Kier molecular flexibility index (Phi) is 8.40. The van der Waals surface area contributed by atoms with Crippen molar-refractivity contribution in [1.29, 1.82) is 0 Å². The van der Waals surface area contributed by atoms with Gasteiger partial charge in [-0.15, -0.1) is 24.8 Å². The van der Waals surface area contributed by atoms with Gasteiger partial charge in [0.2, 0.25) is 5.95 Å². The van der Waals surface area contributed by atoms with Gasteiger partial charge in [0.25, 0.3) is 0 Å². The summed E-state index contributed by atoms with van der Waals surface area (Å²) in [4.78, 5) is 11.6. The zero-order chi connectivity index (χ0) is 17.1. The summed E-state index contributed by atoms with van der Waals surface area (Å²) in [6.45, 7) is 5.95. The van der Waals surface area contributed by atoms with E-state index in [0.29, 0.717) is 5.95 Å². The van der Waals surface area contributed by atoms with E-state index in [1.807, 2.05) is 25.1 Å². The number of halogens is 2. The van der Waals surface area contributed by atoms with Gasteiger partial charge in [0, 0.05) is 42.3 Å². The van der Waals surface area contributed by atoms with Gasteiger partial charge in [-0.3, -0.25) is 0 Å². The number of anilines is 4. The number of nitrogen functional groups attached to an aromatic ring is 1. The SMILES string of the molecule is CCCc1cc(N2CC[C@H](N)C2)nc(Nc2ccc(N)c(C)c2)n1.Cl.Cl. The zero-order valence-electron chi connectivity index (χ0n) is 15.2. The van der Waals surface area contributed by atoms with Crippen molar-refractivity contribution in [3.8, 4) is 0 Å². The summed E-state index contributed by atoms with van der Waals surface area (Å²) in [5.41, 5.74) is 15.7. The first-order chi connectivity index (χ1) is 11.5. The van der Waals surface area contributed by atoms with Crippen molar-refractivity contribution in [3.63, 3.8) is 0 Å². The predicted molar refractivity (Wildman–Crippen MR) is 114 cm³/mol. The average Bonchev–Trinajstić information content (AvgIpc) is 2.98. The first-order valence-corrected chi connectivity index (χ1v) is 8.57. The second kappa shape index (κ2) is 9.80. The van der Waals surface area contributed by atoms with Crippen molar-refractivity contribution in [2.45, 2.75) is 39.2 Å². The van der Waals surface area contributed by atoms with Crippen LogP contribution in [0.15, 0.2) is 24.3 Å². The van der Waals surface area contributed by atoms with E-state index >= 15 is 0 Å². The van der Waals surface area contributed by atoms with Crippen LogP contribution in [-0.2, 0) is 6.42 Å². The molecular weight excluding hydrogens is 371 g/mol. The lowest BCUT2D eigenvalue weighted by Gasteiger charge is -2.19. The molecule has 0 saturated carbocycles. The molecule has 2 aromatic rings. The van der Waals surface area contributed by atoms with Crippen LogP contribution in [0.1, 0.15) is 31.0 Å². The highest BCUT2D eigenvalue weighted by atomic mass is 35.5. The predicted octanol–water partition coefficient (Wildman–Crippen LogP) is 3.44. The highest BCUT2D eigenvalue weighted by Gasteiger charge is 2.21. The van der Waals surface area contributed by atoms with Gasteiger partial charge < -0.3 is 21.7 Å². The summed E-state index contributed by atoms with van der Waals surface area (Å²) in [6, 6.07) is 8.17. The van der Waals surface area contributed by atoms with Crippen LogP contribution in [0.5, 0.6) is 0 Å². The van der Waals surface area contributed by atoms with E-state index in [9.17, 15) is 0 Å². The van der Waals surface area contributed by atoms with Crippen LogP contribution in [0.25, 0.3) is 0 Å². The molecule has 8 heteroatoms. The van der Waals surface area contributed by atoms with Crippen molar-refractivity contribution < 1.29 is 0 Å². The molecular formula is C18H28Cl2N6. The molecule has 1 aromatic carbocycles. The molecule has 0 aliphatic carbocycles. The fraction of sp³-hybridized carbons (Fsp3) is 0.444. The molecule has 0 bridgehead atoms. The Bertz CT molecular complexity index is 725. The molecule has 2 heterocycles. The number of aromatic nitrogens is 2. The van der Waals surface area contributed by atoms with Crippen molar-refractivity contribution in [3.05, 3.63) is 35.5 Å². The molecule has 0 amide bonds. The highest BCUT2D eigenvalue weighted by Crippen LogP contribution is 2.23. The van der Waals surface area contributed by atoms with Crippen molar-refractivity contribution in [2.75, 3.05) is 29.0 Å². The van der Waals surface area contributed by atoms with Crippen LogP contribution >= 0.6 is 24.8 Å². The van der Waals surface area contributed by atoms with Crippen LogP contribution in [0.3, 0.4) is 0 Å². The summed E-state index contributed by atoms with van der Waals surface area (Å²) in [5, 5.41) is 3.31. The fourth-order valence-electron chi connectivity index (χ4n) is 2.96. The summed E-state index contributed by atoms with van der Waals surface area (Å²) in [7, 11) is 0. The quantitative estimate of drug-likeness (QED) is 0.667. The molecule has 1 aliphatic heterocycles. The maximum Gasteiger partial charge on any atom is 0.229 e. The van der Waals surface area contributed by atoms with Gasteiger partial charge >= 0.3 is 0 Å². The first kappa shape index (κ1) is 22.3. The summed E-state index contributed by atoms with van der Waals surface area (Å²) in [6.07, 6.45) is 2.99. The third-order valence-electron chi connectivity index (χ3n) is 4.35. The van der Waals surface area contributed by atoms with Gasteiger partial charge in [-0.1, -0.05) is 13.3 Å². The molecule has 1 atom stereocenters. The summed E-state index contributed by atoms with van der Waals surface area (Å²) < 4.78 is 0. The van der Waals surface area contributed by atoms with Crippen molar-refractivity contribution >= 4 is 48.0 Å². The number of hydrogen-bond donors (Lipinski definition) is 3. The van der Waals surface area contributed by atoms with Crippen LogP contribution in [-0.4, -0.2) is 29.1 Å². The topological polar surface area (TPSA) is 93.1 Å². The molecule has 0 unspecified atom stereocenters. The molecule has 5 N–H and O–H groups in total. The minimum absolute atomic E-state index is 0. The molecule has 1 aliphatic rings. The second-order valence-electron chi connectivity index (χ2n) is 6.48. The van der Waals surface area contributed by atoms with Crippen molar-refractivity contribution in [2.24, 2.45) is 5.73 Å². The number of nitrogens with two attached hydrogens (primary N) is 2. The van der Waals surface area contributed by atoms with Gasteiger partial charge in [-0.2, -0.15) is 4.98 Å². The molecule has 1 fully saturated rings. The molecule has 1 saturated heterocycles. The van der Waals surface area contributed by atoms with Gasteiger partial charge in [0.05, 0.1) is 0 Å². The van der Waals surface area contributed by atoms with E-state index in [0.717, 1.165) is 60.8 Å². The monoisotopic (exact) mass is 398 g/mol. The maximum atomic E-state index is 6.04. The van der Waals surface area contributed by atoms with E-state index in [1.165, 1.54) is 0 Å². The number of nitrogens with one attached hydrogen (secondary N) is 1. The largest absolute Gasteiger partial charge is 0.399 e. The number of rotatable bonds is 5. The van der Waals surface area contributed by atoms with Crippen LogP contribution in [0.2, 0.25) is 0 Å². The van der Waals surface area contributed by atoms with Gasteiger partial charge in [0.15, 0.2) is 0 Å². The smallest absolute Gasteiger partial charge is 0.229 e. The number of aryl methyl sites for hydroxylation is 2. The zero-order valence-corrected chi connectivity index (χ0v) is 16.9. The Hall–Kier alpha value is -1.76. The van der Waals surface area contributed by atoms with Crippen LogP contribution in [0.4, 0.5) is 23.1 Å². The minimum atomic E-state index is 0. The van der Waals surface area contributed by atoms with Gasteiger partial charge in [0.1, 0.15) is 5.82 Å². The Balaban J connectivity index is 0.00000169. The molecule has 3 rings (SSSR count). The average molecular weight is 399 g/mol. The normalized spacial score (nSPS) is 16.0. The number of hydrogen-bond acceptors (Lipinski definition) is 6. The van der Waals surface area contributed by atoms with E-state index in [4.69, 9.17) is 16.5 Å². The Labute approximate surface area is 167 Å². The Morgan fingerprint density at radius 1 is 1.23 bits per heavy atom. The minimum Gasteiger partial charge on any atom is -0.399 e. The van der Waals surface area contributed by atoms with E-state index < -0.39 is 0 Å². The second-order valence-corrected chi connectivity index (χ2v) is 6.48. The third-order valence-corrected chi connectivity index (χ3v) is 4.35. The highest BCUT2D eigenvalue weighted by molar-refractivity contribution is 5.85. The molecule has 26 heavy (non-hydrogen) atoms. The van der Waals surface area contributed by atoms with E-state index in [-0.39, 0.29) is 30.9 Å². The Morgan fingerprint density at radius 2 is 2.00 bits per heavy atom. The van der Waals surface area contributed by atoms with Crippen LogP contribution < -0.4 is 21.7 Å². The lowest BCUT2D eigenvalue weighted by Crippen LogP contribution is -2.27. The summed E-state index contributed by atoms with van der Waals surface area (Å²) >= 11 is 0. The first-order valence-electron chi connectivity index (χ1n) is 8.57. The van der Waals surface area contributed by atoms with Gasteiger partial charge in [-0.25, -0.2) is 4.98 Å². The van der Waals surface area contributed by atoms with E-state index in [2.05, 4.69) is 28.2 Å². The number of nitrogens with zero attached hydrogens (tertiary/aromatic N) is 3. The maximum absolute atomic E-state index is 6.04. The molecule has 0 spiro atoms. The van der Waals surface area contributed by atoms with Crippen molar-refractivity contribution in [1.82, 2.24) is 9.97 Å². The summed E-state index contributed by atoms with van der Waals surface area (Å²) in [5.74, 6) is 1.58. The van der Waals surface area contributed by atoms with E-state index in [1.54, 1.807) is 0 Å². The standard InChI is InChI=1S/C18H26N6.2ClH/c1-3-4-14-10-17(24-8-7-13(19)11-24)23-18(21-14)22-15-5-6-16(20)12(2)9-15;;/h5-6,9-10,13H,3-4,7-8,11,19-20H2,1-2H3,(H,21,22,23);2*1H/t13-;;/m0../s1. The lowest BCUT2D eigenvalue weighted by molar-refractivity contribution is 0.751. The lowest BCUT2D eigenvalue weighted by atomic mass is 10.2. The number of benzene rings is 1. The molecule has 1 aromatic heterocycles. The van der Waals surface area contributed by atoms with Crippen LogP contribution in [0, 0.1) is 6.92 Å². The third kappa shape index (κ3) is 5.37. The molecule has 144 valence electrons. The van der Waals surface area contributed by atoms with Gasteiger partial charge in [-0.05, 0) is 43.5 Å². The Morgan fingerprint density at radius 3 is 2.62 bits per heavy atom. The molecule has 0 radical (unpaired) electrons. The molecule has 6 nitrogen and oxygen atoms in total.